The Bertz CT molecular complexity index is 1140. The number of nitrogens with zero attached hydrogens (tertiary/aromatic N) is 3. The van der Waals surface area contributed by atoms with E-state index in [-0.39, 0.29) is 5.82 Å². The first-order chi connectivity index (χ1) is 14.0. The maximum Gasteiger partial charge on any atom is 0.295 e. The van der Waals surface area contributed by atoms with Gasteiger partial charge in [-0.3, -0.25) is 4.79 Å². The first-order valence-electron chi connectivity index (χ1n) is 9.18. The number of aromatic nitrogens is 3. The summed E-state index contributed by atoms with van der Waals surface area (Å²) in [4.78, 5) is 17.4. The Morgan fingerprint density at radius 3 is 2.38 bits per heavy atom. The fourth-order valence-corrected chi connectivity index (χ4v) is 3.24. The minimum Gasteiger partial charge on any atom is -0.318 e. The van der Waals surface area contributed by atoms with Gasteiger partial charge in [-0.2, -0.15) is 0 Å². The van der Waals surface area contributed by atoms with Crippen molar-refractivity contribution in [3.8, 4) is 17.1 Å². The molecule has 0 atom stereocenters. The summed E-state index contributed by atoms with van der Waals surface area (Å²) < 4.78 is 1.70. The Labute approximate surface area is 174 Å². The number of nitrogens with one attached hydrogen (secondary N) is 1. The van der Waals surface area contributed by atoms with Gasteiger partial charge in [-0.15, -0.1) is 5.10 Å². The molecule has 144 valence electrons. The van der Waals surface area contributed by atoms with Gasteiger partial charge in [0.05, 0.1) is 16.4 Å². The summed E-state index contributed by atoms with van der Waals surface area (Å²) in [6, 6.07) is 22.9. The van der Waals surface area contributed by atoms with Crippen LogP contribution in [0.3, 0.4) is 0 Å². The van der Waals surface area contributed by atoms with Crippen LogP contribution < -0.4 is 5.32 Å². The predicted octanol–water partition coefficient (Wildman–Crippen LogP) is 5.46. The van der Waals surface area contributed by atoms with Gasteiger partial charge in [0.15, 0.2) is 5.82 Å². The van der Waals surface area contributed by atoms with Crippen LogP contribution in [0.2, 0.25) is 5.02 Å². The molecule has 0 fully saturated rings. The second-order valence-corrected chi connectivity index (χ2v) is 7.22. The Hall–Kier alpha value is -3.44. The van der Waals surface area contributed by atoms with Crippen molar-refractivity contribution in [2.24, 2.45) is 0 Å². The van der Waals surface area contributed by atoms with Crippen LogP contribution in [0, 0.1) is 13.8 Å². The zero-order chi connectivity index (χ0) is 20.4. The summed E-state index contributed by atoms with van der Waals surface area (Å²) in [6.45, 7) is 4.03. The van der Waals surface area contributed by atoms with E-state index in [2.05, 4.69) is 15.4 Å². The van der Waals surface area contributed by atoms with Gasteiger partial charge in [0.2, 0.25) is 5.82 Å². The first kappa shape index (κ1) is 18.9. The Kier molecular flexibility index (Phi) is 5.14. The number of carbonyl (C=O) groups excluding carboxylic acids is 1. The summed E-state index contributed by atoms with van der Waals surface area (Å²) in [7, 11) is 0. The number of anilines is 1. The average Bonchev–Trinajstić information content (AvgIpc) is 3.15. The third-order valence-corrected chi connectivity index (χ3v) is 4.78. The minimum atomic E-state index is -0.418. The van der Waals surface area contributed by atoms with E-state index in [9.17, 15) is 4.79 Å². The maximum absolute atomic E-state index is 12.8. The van der Waals surface area contributed by atoms with E-state index in [1.165, 1.54) is 0 Å². The van der Waals surface area contributed by atoms with Crippen LogP contribution >= 0.6 is 11.6 Å². The highest BCUT2D eigenvalue weighted by atomic mass is 35.5. The van der Waals surface area contributed by atoms with Crippen molar-refractivity contribution in [1.29, 1.82) is 0 Å². The molecule has 6 heteroatoms. The largest absolute Gasteiger partial charge is 0.318 e. The fourth-order valence-electron chi connectivity index (χ4n) is 3.06. The molecule has 5 nitrogen and oxygen atoms in total. The molecule has 0 aliphatic heterocycles. The second kappa shape index (κ2) is 7.89. The van der Waals surface area contributed by atoms with Crippen molar-refractivity contribution in [2.75, 3.05) is 5.32 Å². The van der Waals surface area contributed by atoms with Gasteiger partial charge in [0.1, 0.15) is 0 Å². The summed E-state index contributed by atoms with van der Waals surface area (Å²) in [5.41, 5.74) is 4.43. The van der Waals surface area contributed by atoms with Crippen molar-refractivity contribution in [3.05, 3.63) is 94.8 Å². The summed E-state index contributed by atoms with van der Waals surface area (Å²) in [6.07, 6.45) is 0. The topological polar surface area (TPSA) is 59.8 Å². The van der Waals surface area contributed by atoms with Gasteiger partial charge < -0.3 is 5.32 Å². The van der Waals surface area contributed by atoms with Crippen LogP contribution in [0.1, 0.15) is 21.7 Å². The van der Waals surface area contributed by atoms with Gasteiger partial charge in [-0.1, -0.05) is 59.6 Å². The minimum absolute atomic E-state index is 0.0722. The molecule has 0 unspecified atom stereocenters. The summed E-state index contributed by atoms with van der Waals surface area (Å²) in [5, 5.41) is 7.74. The molecule has 1 amide bonds. The number of hydrogen-bond acceptors (Lipinski definition) is 3. The molecule has 0 saturated heterocycles. The van der Waals surface area contributed by atoms with E-state index in [4.69, 9.17) is 11.6 Å². The SMILES string of the molecule is Cc1cccc(-c2nc(C(=O)Nc3ccccc3Cl)nn2-c2cccc(C)c2)c1. The van der Waals surface area contributed by atoms with Crippen LogP contribution in [-0.2, 0) is 0 Å². The zero-order valence-electron chi connectivity index (χ0n) is 16.1. The lowest BCUT2D eigenvalue weighted by atomic mass is 10.1. The average molecular weight is 403 g/mol. The molecule has 0 spiro atoms. The second-order valence-electron chi connectivity index (χ2n) is 6.81. The highest BCUT2D eigenvalue weighted by molar-refractivity contribution is 6.33. The van der Waals surface area contributed by atoms with Gasteiger partial charge in [-0.25, -0.2) is 9.67 Å². The number of amides is 1. The van der Waals surface area contributed by atoms with Crippen LogP contribution in [0.5, 0.6) is 0 Å². The number of hydrogen-bond donors (Lipinski definition) is 1. The lowest BCUT2D eigenvalue weighted by Gasteiger charge is -2.07. The third kappa shape index (κ3) is 4.05. The van der Waals surface area contributed by atoms with E-state index >= 15 is 0 Å². The molecular weight excluding hydrogens is 384 g/mol. The molecule has 0 aliphatic carbocycles. The lowest BCUT2D eigenvalue weighted by Crippen LogP contribution is -2.14. The monoisotopic (exact) mass is 402 g/mol. The quantitative estimate of drug-likeness (QED) is 0.493. The van der Waals surface area contributed by atoms with Crippen molar-refractivity contribution in [3.63, 3.8) is 0 Å². The van der Waals surface area contributed by atoms with E-state index < -0.39 is 5.91 Å². The molecular formula is C23H19ClN4O. The molecule has 1 aromatic heterocycles. The normalized spacial score (nSPS) is 10.7. The molecule has 3 aromatic carbocycles. The number of aryl methyl sites for hydroxylation is 2. The number of halogens is 1. The van der Waals surface area contributed by atoms with Gasteiger partial charge >= 0.3 is 0 Å². The summed E-state index contributed by atoms with van der Waals surface area (Å²) in [5.74, 6) is 0.255. The Balaban J connectivity index is 1.79. The number of benzene rings is 3. The first-order valence-corrected chi connectivity index (χ1v) is 9.56. The summed E-state index contributed by atoms with van der Waals surface area (Å²) >= 11 is 6.16. The van der Waals surface area contributed by atoms with Crippen molar-refractivity contribution in [2.45, 2.75) is 13.8 Å². The number of rotatable bonds is 4. The van der Waals surface area contributed by atoms with Crippen molar-refractivity contribution in [1.82, 2.24) is 14.8 Å². The van der Waals surface area contributed by atoms with Crippen LogP contribution in [0.4, 0.5) is 5.69 Å². The van der Waals surface area contributed by atoms with Gasteiger partial charge in [0.25, 0.3) is 5.91 Å². The molecule has 1 N–H and O–H groups in total. The molecule has 0 saturated carbocycles. The van der Waals surface area contributed by atoms with E-state index in [0.717, 1.165) is 22.4 Å². The Morgan fingerprint density at radius 1 is 0.931 bits per heavy atom. The number of para-hydroxylation sites is 1. The molecule has 29 heavy (non-hydrogen) atoms. The lowest BCUT2D eigenvalue weighted by molar-refractivity contribution is 0.101. The zero-order valence-corrected chi connectivity index (χ0v) is 16.8. The molecule has 0 bridgehead atoms. The molecule has 4 rings (SSSR count). The molecule has 0 radical (unpaired) electrons. The smallest absolute Gasteiger partial charge is 0.295 e. The highest BCUT2D eigenvalue weighted by Gasteiger charge is 2.19. The molecule has 1 heterocycles. The standard InChI is InChI=1S/C23H19ClN4O/c1-15-7-5-9-17(13-15)22-26-21(23(29)25-20-12-4-3-11-19(20)24)27-28(22)18-10-6-8-16(2)14-18/h3-14H,1-2H3,(H,25,29). The number of carbonyl (C=O) groups is 1. The van der Waals surface area contributed by atoms with E-state index in [1.54, 1.807) is 28.9 Å². The fraction of sp³-hybridized carbons (Fsp3) is 0.0870. The van der Waals surface area contributed by atoms with Crippen LogP contribution in [-0.4, -0.2) is 20.7 Å². The molecule has 0 aliphatic rings. The van der Waals surface area contributed by atoms with Crippen LogP contribution in [0.25, 0.3) is 17.1 Å². The van der Waals surface area contributed by atoms with E-state index in [1.807, 2.05) is 62.4 Å². The third-order valence-electron chi connectivity index (χ3n) is 4.45. The Morgan fingerprint density at radius 2 is 1.66 bits per heavy atom. The van der Waals surface area contributed by atoms with Gasteiger partial charge in [-0.05, 0) is 49.7 Å². The molecule has 4 aromatic rings. The van der Waals surface area contributed by atoms with Crippen molar-refractivity contribution < 1.29 is 4.79 Å². The van der Waals surface area contributed by atoms with Gasteiger partial charge in [0, 0.05) is 5.56 Å². The van der Waals surface area contributed by atoms with Crippen LogP contribution in [0.15, 0.2) is 72.8 Å². The predicted molar refractivity (Wildman–Crippen MR) is 116 cm³/mol. The highest BCUT2D eigenvalue weighted by Crippen LogP contribution is 2.24. The van der Waals surface area contributed by atoms with E-state index in [0.29, 0.717) is 16.5 Å². The maximum atomic E-state index is 12.8. The van der Waals surface area contributed by atoms with Crippen molar-refractivity contribution >= 4 is 23.2 Å².